The minimum atomic E-state index is -1.14. The maximum Gasteiger partial charge on any atom is 0.306 e. The largest absolute Gasteiger partial charge is 0.481 e. The first kappa shape index (κ1) is 9.48. The van der Waals surface area contributed by atoms with Gasteiger partial charge in [-0.1, -0.05) is 0 Å². The first-order chi connectivity index (χ1) is 5.52. The number of ether oxygens (including phenoxy) is 1. The third kappa shape index (κ3) is 2.46. The lowest BCUT2D eigenvalue weighted by molar-refractivity contribution is -0.154. The van der Waals surface area contributed by atoms with Crippen LogP contribution in [0.15, 0.2) is 0 Å². The van der Waals surface area contributed by atoms with Crippen molar-refractivity contribution < 1.29 is 19.7 Å². The maximum absolute atomic E-state index is 10.3. The summed E-state index contributed by atoms with van der Waals surface area (Å²) in [6, 6.07) is 0. The van der Waals surface area contributed by atoms with E-state index in [0.29, 0.717) is 6.42 Å². The Morgan fingerprint density at radius 3 is 2.83 bits per heavy atom. The molecule has 4 nitrogen and oxygen atoms in total. The average molecular weight is 174 g/mol. The van der Waals surface area contributed by atoms with Crippen molar-refractivity contribution in [1.29, 1.82) is 0 Å². The highest BCUT2D eigenvalue weighted by molar-refractivity contribution is 5.68. The summed E-state index contributed by atoms with van der Waals surface area (Å²) in [4.78, 5) is 10.3. The Morgan fingerprint density at radius 2 is 2.42 bits per heavy atom. The smallest absolute Gasteiger partial charge is 0.306 e. The molecule has 0 aromatic rings. The molecule has 1 fully saturated rings. The van der Waals surface area contributed by atoms with Gasteiger partial charge in [-0.25, -0.2) is 0 Å². The van der Waals surface area contributed by atoms with Crippen molar-refractivity contribution in [3.63, 3.8) is 0 Å². The van der Waals surface area contributed by atoms with Crippen molar-refractivity contribution in [3.8, 4) is 0 Å². The number of carboxylic acids is 1. The Bertz CT molecular complexity index is 170. The number of carboxylic acid groups (broad SMARTS) is 1. The van der Waals surface area contributed by atoms with Gasteiger partial charge in [0.05, 0.1) is 24.7 Å². The van der Waals surface area contributed by atoms with Crippen LogP contribution < -0.4 is 0 Å². The second-order valence-corrected chi connectivity index (χ2v) is 3.46. The van der Waals surface area contributed by atoms with Crippen LogP contribution in [-0.4, -0.2) is 34.5 Å². The van der Waals surface area contributed by atoms with Crippen LogP contribution in [-0.2, 0) is 9.53 Å². The molecule has 0 bridgehead atoms. The molecule has 1 saturated heterocycles. The van der Waals surface area contributed by atoms with Gasteiger partial charge in [-0.05, 0) is 19.8 Å². The quantitative estimate of drug-likeness (QED) is 0.635. The third-order valence-electron chi connectivity index (χ3n) is 2.13. The molecule has 1 rings (SSSR count). The van der Waals surface area contributed by atoms with Gasteiger partial charge < -0.3 is 14.9 Å². The number of hydrogen-bond donors (Lipinski definition) is 2. The van der Waals surface area contributed by atoms with Gasteiger partial charge >= 0.3 is 5.97 Å². The van der Waals surface area contributed by atoms with Gasteiger partial charge in [-0.2, -0.15) is 0 Å². The van der Waals surface area contributed by atoms with Gasteiger partial charge in [-0.3, -0.25) is 4.79 Å². The van der Waals surface area contributed by atoms with E-state index in [9.17, 15) is 9.90 Å². The molecule has 2 atom stereocenters. The molecule has 0 saturated carbocycles. The van der Waals surface area contributed by atoms with Crippen molar-refractivity contribution >= 4 is 5.97 Å². The maximum atomic E-state index is 10.3. The second kappa shape index (κ2) is 3.41. The van der Waals surface area contributed by atoms with Crippen LogP contribution in [0.2, 0.25) is 0 Å². The number of carbonyl (C=O) groups is 1. The summed E-state index contributed by atoms with van der Waals surface area (Å²) in [5.41, 5.74) is -1.14. The molecule has 0 aromatic heterocycles. The molecule has 0 aliphatic carbocycles. The normalized spacial score (nSPS) is 36.3. The summed E-state index contributed by atoms with van der Waals surface area (Å²) < 4.78 is 5.18. The van der Waals surface area contributed by atoms with E-state index in [1.165, 1.54) is 0 Å². The fourth-order valence-electron chi connectivity index (χ4n) is 1.35. The van der Waals surface area contributed by atoms with Crippen LogP contribution in [0.1, 0.15) is 26.2 Å². The summed E-state index contributed by atoms with van der Waals surface area (Å²) >= 11 is 0. The van der Waals surface area contributed by atoms with E-state index in [2.05, 4.69) is 0 Å². The zero-order valence-electron chi connectivity index (χ0n) is 7.12. The summed E-state index contributed by atoms with van der Waals surface area (Å²) in [6.45, 7) is 2.06. The summed E-state index contributed by atoms with van der Waals surface area (Å²) in [5, 5.41) is 18.1. The van der Waals surface area contributed by atoms with E-state index in [-0.39, 0.29) is 19.1 Å². The van der Waals surface area contributed by atoms with Crippen LogP contribution in [0.4, 0.5) is 0 Å². The van der Waals surface area contributed by atoms with Crippen molar-refractivity contribution in [2.45, 2.75) is 37.9 Å². The van der Waals surface area contributed by atoms with Gasteiger partial charge in [0.2, 0.25) is 0 Å². The zero-order valence-corrected chi connectivity index (χ0v) is 7.12. The fourth-order valence-corrected chi connectivity index (χ4v) is 1.35. The number of hydrogen-bond acceptors (Lipinski definition) is 3. The fraction of sp³-hybridized carbons (Fsp3) is 0.875. The van der Waals surface area contributed by atoms with Crippen LogP contribution in [0.5, 0.6) is 0 Å². The topological polar surface area (TPSA) is 66.8 Å². The van der Waals surface area contributed by atoms with Crippen molar-refractivity contribution in [2.24, 2.45) is 0 Å². The SMILES string of the molecule is CC1CCC(O)(CC(=O)O)CO1. The van der Waals surface area contributed by atoms with Crippen molar-refractivity contribution in [2.75, 3.05) is 6.61 Å². The van der Waals surface area contributed by atoms with Crippen molar-refractivity contribution in [1.82, 2.24) is 0 Å². The molecule has 0 spiro atoms. The van der Waals surface area contributed by atoms with E-state index in [0.717, 1.165) is 6.42 Å². The highest BCUT2D eigenvalue weighted by Gasteiger charge is 2.34. The summed E-state index contributed by atoms with van der Waals surface area (Å²) in [5.74, 6) is -0.976. The summed E-state index contributed by atoms with van der Waals surface area (Å²) in [7, 11) is 0. The molecule has 1 aliphatic heterocycles. The van der Waals surface area contributed by atoms with Gasteiger partial charge in [0.1, 0.15) is 0 Å². The van der Waals surface area contributed by atoms with E-state index < -0.39 is 11.6 Å². The highest BCUT2D eigenvalue weighted by atomic mass is 16.5. The number of aliphatic carboxylic acids is 1. The van der Waals surface area contributed by atoms with Gasteiger partial charge in [0.25, 0.3) is 0 Å². The van der Waals surface area contributed by atoms with E-state index in [1.807, 2.05) is 6.92 Å². The van der Waals surface area contributed by atoms with Crippen LogP contribution in [0.3, 0.4) is 0 Å². The Labute approximate surface area is 71.2 Å². The van der Waals surface area contributed by atoms with Gasteiger partial charge in [-0.15, -0.1) is 0 Å². The van der Waals surface area contributed by atoms with Crippen molar-refractivity contribution in [3.05, 3.63) is 0 Å². The van der Waals surface area contributed by atoms with Gasteiger partial charge in [0, 0.05) is 0 Å². The lowest BCUT2D eigenvalue weighted by atomic mass is 9.91. The molecule has 0 aromatic carbocycles. The molecule has 0 amide bonds. The predicted octanol–water partition coefficient (Wildman–Crippen LogP) is 0.391. The molecular weight excluding hydrogens is 160 g/mol. The highest BCUT2D eigenvalue weighted by Crippen LogP contribution is 2.25. The van der Waals surface area contributed by atoms with Gasteiger partial charge in [0.15, 0.2) is 0 Å². The molecule has 12 heavy (non-hydrogen) atoms. The van der Waals surface area contributed by atoms with Crippen LogP contribution in [0.25, 0.3) is 0 Å². The molecule has 2 unspecified atom stereocenters. The number of rotatable bonds is 2. The lowest BCUT2D eigenvalue weighted by Crippen LogP contribution is -2.42. The molecule has 1 aliphatic rings. The van der Waals surface area contributed by atoms with E-state index >= 15 is 0 Å². The molecule has 70 valence electrons. The van der Waals surface area contributed by atoms with E-state index in [4.69, 9.17) is 9.84 Å². The summed E-state index contributed by atoms with van der Waals surface area (Å²) in [6.07, 6.45) is 1.16. The Balaban J connectivity index is 2.44. The second-order valence-electron chi connectivity index (χ2n) is 3.46. The first-order valence-electron chi connectivity index (χ1n) is 4.08. The predicted molar refractivity (Wildman–Crippen MR) is 41.9 cm³/mol. The first-order valence-corrected chi connectivity index (χ1v) is 4.08. The van der Waals surface area contributed by atoms with Crippen LogP contribution in [0, 0.1) is 0 Å². The molecule has 2 N–H and O–H groups in total. The molecule has 4 heteroatoms. The minimum Gasteiger partial charge on any atom is -0.481 e. The average Bonchev–Trinajstić information content (AvgIpc) is 1.94. The standard InChI is InChI=1S/C8H14O4/c1-6-2-3-8(11,5-12-6)4-7(9)10/h6,11H,2-5H2,1H3,(H,9,10). The number of aliphatic hydroxyl groups is 1. The minimum absolute atomic E-state index is 0.138. The Morgan fingerprint density at radius 1 is 1.75 bits per heavy atom. The molecule has 0 radical (unpaired) electrons. The molecule has 1 heterocycles. The monoisotopic (exact) mass is 174 g/mol. The Kier molecular flexibility index (Phi) is 2.69. The third-order valence-corrected chi connectivity index (χ3v) is 2.13. The van der Waals surface area contributed by atoms with Crippen LogP contribution >= 0.6 is 0 Å². The molecular formula is C8H14O4. The lowest BCUT2D eigenvalue weighted by Gasteiger charge is -2.33. The van der Waals surface area contributed by atoms with E-state index in [1.54, 1.807) is 0 Å². The zero-order chi connectivity index (χ0) is 9.19. The Hall–Kier alpha value is -0.610.